The molecule has 1 saturated heterocycles. The zero-order chi connectivity index (χ0) is 24.3. The maximum atomic E-state index is 12.5. The lowest BCUT2D eigenvalue weighted by Gasteiger charge is -2.32. The van der Waals surface area contributed by atoms with E-state index >= 15 is 0 Å². The summed E-state index contributed by atoms with van der Waals surface area (Å²) >= 11 is 0. The van der Waals surface area contributed by atoms with E-state index in [1.807, 2.05) is 26.0 Å². The monoisotopic (exact) mass is 478 g/mol. The first kappa shape index (κ1) is 24.1. The highest BCUT2D eigenvalue weighted by Gasteiger charge is 2.28. The molecule has 0 radical (unpaired) electrons. The van der Waals surface area contributed by atoms with Gasteiger partial charge in [-0.2, -0.15) is 23.3 Å². The van der Waals surface area contributed by atoms with Gasteiger partial charge in [-0.15, -0.1) is 0 Å². The van der Waals surface area contributed by atoms with Gasteiger partial charge in [-0.05, 0) is 31.9 Å². The number of alkyl halides is 3. The van der Waals surface area contributed by atoms with Crippen molar-refractivity contribution in [3.05, 3.63) is 29.6 Å². The van der Waals surface area contributed by atoms with Crippen LogP contribution in [0.3, 0.4) is 0 Å². The van der Waals surface area contributed by atoms with Crippen LogP contribution < -0.4 is 15.5 Å². The van der Waals surface area contributed by atoms with E-state index in [2.05, 4.69) is 32.5 Å². The van der Waals surface area contributed by atoms with Crippen LogP contribution in [0.15, 0.2) is 18.3 Å². The van der Waals surface area contributed by atoms with Crippen molar-refractivity contribution >= 4 is 28.6 Å². The highest BCUT2D eigenvalue weighted by Crippen LogP contribution is 2.29. The van der Waals surface area contributed by atoms with E-state index in [0.717, 1.165) is 30.9 Å². The number of piperazine rings is 1. The van der Waals surface area contributed by atoms with Crippen molar-refractivity contribution in [3.8, 4) is 0 Å². The number of ether oxygens (including phenoxy) is 1. The molecule has 1 aliphatic rings. The maximum Gasteiger partial charge on any atom is 0.411 e. The number of aromatic nitrogens is 5. The SMILES string of the molecule is CCc1nn(CCOCC(F)(F)F)c2c(Nc3ccc(C)cn3)nc(N3CCN[C@@H](C)C3)nc12. The van der Waals surface area contributed by atoms with Gasteiger partial charge in [-0.25, -0.2) is 9.97 Å². The van der Waals surface area contributed by atoms with Gasteiger partial charge >= 0.3 is 6.18 Å². The smallest absolute Gasteiger partial charge is 0.370 e. The molecule has 0 aromatic carbocycles. The predicted molar refractivity (Wildman–Crippen MR) is 124 cm³/mol. The number of nitrogens with one attached hydrogen (secondary N) is 2. The van der Waals surface area contributed by atoms with E-state index in [9.17, 15) is 13.2 Å². The molecule has 0 bridgehead atoms. The molecule has 0 spiro atoms. The molecular formula is C22H29F3N8O. The lowest BCUT2D eigenvalue weighted by atomic mass is 10.2. The molecule has 0 aliphatic carbocycles. The Hall–Kier alpha value is -2.99. The maximum absolute atomic E-state index is 12.5. The summed E-state index contributed by atoms with van der Waals surface area (Å²) in [7, 11) is 0. The van der Waals surface area contributed by atoms with Gasteiger partial charge in [-0.1, -0.05) is 13.0 Å². The molecule has 1 fully saturated rings. The molecule has 0 unspecified atom stereocenters. The second-order valence-corrected chi connectivity index (χ2v) is 8.41. The summed E-state index contributed by atoms with van der Waals surface area (Å²) in [4.78, 5) is 16.2. The van der Waals surface area contributed by atoms with Gasteiger partial charge in [0, 0.05) is 31.9 Å². The van der Waals surface area contributed by atoms with Crippen LogP contribution in [0.25, 0.3) is 11.0 Å². The van der Waals surface area contributed by atoms with E-state index < -0.39 is 12.8 Å². The number of hydrogen-bond acceptors (Lipinski definition) is 8. The summed E-state index contributed by atoms with van der Waals surface area (Å²) in [6.07, 6.45) is -2.01. The average Bonchev–Trinajstić information content (AvgIpc) is 3.15. The van der Waals surface area contributed by atoms with Crippen LogP contribution in [-0.2, 0) is 17.7 Å². The highest BCUT2D eigenvalue weighted by molar-refractivity contribution is 5.90. The Balaban J connectivity index is 1.73. The van der Waals surface area contributed by atoms with Crippen LogP contribution in [0.5, 0.6) is 0 Å². The van der Waals surface area contributed by atoms with Crippen molar-refractivity contribution in [2.75, 3.05) is 43.1 Å². The zero-order valence-electron chi connectivity index (χ0n) is 19.5. The molecule has 2 N–H and O–H groups in total. The third-order valence-corrected chi connectivity index (χ3v) is 5.50. The van der Waals surface area contributed by atoms with Gasteiger partial charge < -0.3 is 20.3 Å². The van der Waals surface area contributed by atoms with Crippen LogP contribution in [0.4, 0.5) is 30.8 Å². The number of fused-ring (bicyclic) bond motifs is 1. The second kappa shape index (κ2) is 10.1. The quantitative estimate of drug-likeness (QED) is 0.477. The Kier molecular flexibility index (Phi) is 7.17. The van der Waals surface area contributed by atoms with Gasteiger partial charge in [0.05, 0.1) is 18.8 Å². The minimum atomic E-state index is -4.37. The summed E-state index contributed by atoms with van der Waals surface area (Å²) < 4.78 is 43.9. The van der Waals surface area contributed by atoms with Crippen molar-refractivity contribution < 1.29 is 17.9 Å². The van der Waals surface area contributed by atoms with Crippen molar-refractivity contribution in [2.45, 2.75) is 46.0 Å². The molecule has 0 saturated carbocycles. The number of nitrogens with zero attached hydrogens (tertiary/aromatic N) is 6. The first-order valence-corrected chi connectivity index (χ1v) is 11.3. The van der Waals surface area contributed by atoms with Crippen LogP contribution >= 0.6 is 0 Å². The van der Waals surface area contributed by atoms with Gasteiger partial charge in [0.1, 0.15) is 23.5 Å². The van der Waals surface area contributed by atoms with Crippen molar-refractivity contribution in [1.29, 1.82) is 0 Å². The number of hydrogen-bond donors (Lipinski definition) is 2. The summed E-state index contributed by atoms with van der Waals surface area (Å²) in [5.74, 6) is 1.69. The van der Waals surface area contributed by atoms with E-state index in [4.69, 9.17) is 14.7 Å². The molecule has 184 valence electrons. The molecule has 3 aromatic heterocycles. The molecule has 0 amide bonds. The Bertz CT molecular complexity index is 1120. The molecule has 34 heavy (non-hydrogen) atoms. The fourth-order valence-electron chi connectivity index (χ4n) is 3.88. The van der Waals surface area contributed by atoms with E-state index in [1.165, 1.54) is 0 Å². The highest BCUT2D eigenvalue weighted by atomic mass is 19.4. The molecule has 12 heteroatoms. The van der Waals surface area contributed by atoms with Crippen LogP contribution in [0.2, 0.25) is 0 Å². The minimum Gasteiger partial charge on any atom is -0.370 e. The predicted octanol–water partition coefficient (Wildman–Crippen LogP) is 3.21. The average molecular weight is 479 g/mol. The topological polar surface area (TPSA) is 93.0 Å². The van der Waals surface area contributed by atoms with Gasteiger partial charge in [-0.3, -0.25) is 4.68 Å². The van der Waals surface area contributed by atoms with E-state index in [1.54, 1.807) is 10.9 Å². The first-order valence-electron chi connectivity index (χ1n) is 11.3. The number of rotatable bonds is 8. The number of aryl methyl sites for hydroxylation is 2. The van der Waals surface area contributed by atoms with Crippen molar-refractivity contribution in [3.63, 3.8) is 0 Å². The summed E-state index contributed by atoms with van der Waals surface area (Å²) in [5.41, 5.74) is 3.05. The summed E-state index contributed by atoms with van der Waals surface area (Å²) in [5, 5.41) is 11.3. The number of anilines is 3. The Morgan fingerprint density at radius 3 is 2.76 bits per heavy atom. The third kappa shape index (κ3) is 5.73. The molecule has 9 nitrogen and oxygen atoms in total. The lowest BCUT2D eigenvalue weighted by Crippen LogP contribution is -2.49. The fourth-order valence-corrected chi connectivity index (χ4v) is 3.88. The van der Waals surface area contributed by atoms with Crippen LogP contribution in [-0.4, -0.2) is 69.8 Å². The number of halogens is 3. The summed E-state index contributed by atoms with van der Waals surface area (Å²) in [6.45, 7) is 7.07. The lowest BCUT2D eigenvalue weighted by molar-refractivity contribution is -0.174. The second-order valence-electron chi connectivity index (χ2n) is 8.41. The summed E-state index contributed by atoms with van der Waals surface area (Å²) in [6, 6.07) is 4.08. The van der Waals surface area contributed by atoms with E-state index in [0.29, 0.717) is 41.1 Å². The Morgan fingerprint density at radius 2 is 2.09 bits per heavy atom. The molecule has 4 rings (SSSR count). The zero-order valence-corrected chi connectivity index (χ0v) is 19.5. The van der Waals surface area contributed by atoms with Gasteiger partial charge in [0.15, 0.2) is 5.82 Å². The van der Waals surface area contributed by atoms with Crippen LogP contribution in [0, 0.1) is 6.92 Å². The minimum absolute atomic E-state index is 0.135. The Labute approximate surface area is 195 Å². The van der Waals surface area contributed by atoms with E-state index in [-0.39, 0.29) is 13.2 Å². The first-order chi connectivity index (χ1) is 16.2. The van der Waals surface area contributed by atoms with Gasteiger partial charge in [0.2, 0.25) is 5.95 Å². The normalized spacial score (nSPS) is 16.9. The largest absolute Gasteiger partial charge is 0.411 e. The third-order valence-electron chi connectivity index (χ3n) is 5.50. The standard InChI is InChI=1S/C22H29F3N8O/c1-4-16-18-19(33(31-16)9-10-34-13-22(23,24)25)20(28-17-6-5-14(2)11-27-17)30-21(29-18)32-8-7-26-15(3)12-32/h5-6,11,15,26H,4,7-10,12-13H2,1-3H3,(H,27,28,29,30)/t15-/m0/s1. The molecule has 3 aromatic rings. The molecule has 1 atom stereocenters. The molecular weight excluding hydrogens is 449 g/mol. The van der Waals surface area contributed by atoms with Gasteiger partial charge in [0.25, 0.3) is 0 Å². The number of pyridine rings is 1. The Morgan fingerprint density at radius 1 is 1.26 bits per heavy atom. The molecule has 1 aliphatic heterocycles. The van der Waals surface area contributed by atoms with Crippen molar-refractivity contribution in [1.82, 2.24) is 30.0 Å². The fraction of sp³-hybridized carbons (Fsp3) is 0.545. The van der Waals surface area contributed by atoms with Crippen molar-refractivity contribution in [2.24, 2.45) is 0 Å². The molecule has 4 heterocycles. The van der Waals surface area contributed by atoms with Crippen LogP contribution in [0.1, 0.15) is 25.1 Å².